The van der Waals surface area contributed by atoms with Gasteiger partial charge in [0.2, 0.25) is 23.8 Å². The number of halogens is 12. The van der Waals surface area contributed by atoms with Crippen molar-refractivity contribution in [1.82, 2.24) is 71.1 Å². The van der Waals surface area contributed by atoms with Gasteiger partial charge in [0, 0.05) is 143 Å². The van der Waals surface area contributed by atoms with E-state index in [1.54, 1.807) is 42.9 Å². The summed E-state index contributed by atoms with van der Waals surface area (Å²) in [6, 6.07) is 42.4. The maximum absolute atomic E-state index is 12.7. The molecule has 748 valence electrons. The summed E-state index contributed by atoms with van der Waals surface area (Å²) in [4.78, 5) is 42.2. The average Bonchev–Trinajstić information content (AvgIpc) is 1.25. The van der Waals surface area contributed by atoms with Crippen LogP contribution >= 0.6 is 0 Å². The first-order valence-corrected chi connectivity index (χ1v) is 47.0. The van der Waals surface area contributed by atoms with E-state index in [2.05, 4.69) is 177 Å². The summed E-state index contributed by atoms with van der Waals surface area (Å²) in [6.45, 7) is 9.93. The fourth-order valence-corrected chi connectivity index (χ4v) is 16.8. The Bertz CT molecular complexity index is 5530. The summed E-state index contributed by atoms with van der Waals surface area (Å²) in [7, 11) is 0. The number of nitrogens with zero attached hydrogens (tertiary/aromatic N) is 14. The largest absolute Gasteiger partial charge is 0.573 e. The van der Waals surface area contributed by atoms with Gasteiger partial charge in [0.15, 0.2) is 0 Å². The van der Waals surface area contributed by atoms with E-state index in [1.165, 1.54) is 122 Å². The number of pyridine rings is 2. The Hall–Kier alpha value is -13.9. The summed E-state index contributed by atoms with van der Waals surface area (Å²) in [5.41, 5.74) is 4.86. The third-order valence-corrected chi connectivity index (χ3v) is 24.4. The first-order chi connectivity index (χ1) is 67.9. The molecule has 0 amide bonds. The summed E-state index contributed by atoms with van der Waals surface area (Å²) in [5, 5.41) is 77.0. The highest BCUT2D eigenvalue weighted by atomic mass is 19.4. The van der Waals surface area contributed by atoms with E-state index in [4.69, 9.17) is 0 Å². The molecule has 0 aliphatic heterocycles. The number of hydrogen-bond acceptors (Lipinski definition) is 30. The number of nitriles is 4. The van der Waals surface area contributed by atoms with E-state index in [-0.39, 0.29) is 73.0 Å². The molecule has 4 aromatic carbocycles. The predicted molar refractivity (Wildman–Crippen MR) is 507 cm³/mol. The van der Waals surface area contributed by atoms with Gasteiger partial charge in [-0.3, -0.25) is 9.97 Å². The van der Waals surface area contributed by atoms with Crippen LogP contribution in [0.5, 0.6) is 23.0 Å². The maximum Gasteiger partial charge on any atom is 0.573 e. The molecule has 6 aromatic heterocycles. The Labute approximate surface area is 810 Å². The van der Waals surface area contributed by atoms with E-state index in [0.29, 0.717) is 148 Å². The van der Waals surface area contributed by atoms with E-state index in [1.807, 2.05) is 24.4 Å². The Kier molecular flexibility index (Phi) is 39.7. The molecule has 5 saturated carbocycles. The number of hydrogen-bond donors (Lipinski definition) is 12. The van der Waals surface area contributed by atoms with Crippen molar-refractivity contribution in [2.24, 2.45) is 29.6 Å². The third kappa shape index (κ3) is 37.3. The van der Waals surface area contributed by atoms with Crippen LogP contribution in [0.1, 0.15) is 185 Å². The molecule has 42 heteroatoms. The number of benzene rings is 4. The monoisotopic (exact) mass is 1960 g/mol. The molecule has 0 atom stereocenters. The highest BCUT2D eigenvalue weighted by Crippen LogP contribution is 2.37. The zero-order valence-electron chi connectivity index (χ0n) is 77.9. The zero-order chi connectivity index (χ0) is 100.0. The number of rotatable bonds is 39. The zero-order valence-corrected chi connectivity index (χ0v) is 77.9. The molecule has 10 aromatic rings. The molecule has 12 N–H and O–H groups in total. The fraction of sp³-hybridized carbons (Fsp3) is 0.455. The van der Waals surface area contributed by atoms with Gasteiger partial charge in [0.25, 0.3) is 0 Å². The number of alkyl halides is 12. The van der Waals surface area contributed by atoms with Gasteiger partial charge in [-0.2, -0.15) is 41.0 Å². The Balaban J connectivity index is 0.000000168. The standard InChI is InChI=1S/2C26H28F3N7O.C24H29F3N6O.C23H29F3N6O/c27-26(28,29)37-23-6-2-1-5-20(23)16-34-25-35-17-21(12-30)24(36-25)33-14-18-7-9-22(10-8-18)32-15-19-4-3-11-31-13-19;27-26(28,29)37-23-4-2-1-3-20(23)16-34-25-35-17-21(13-30)24(36-25)33-15-18-5-7-22(8-6-18)32-14-19-9-11-31-12-10-19;25-24(26,27)34-21-4-2-1-3-18(21)14-31-23-32-15-19(11-28)22(33-23)30-13-17-7-9-20(10-8-17)29-12-16-5-6-16;1-15(2)31-19-9-7-16(8-10-19)12-28-21-18(11-27)14-30-22(32-21)29-13-17-5-3-4-6-20(17)33-23(24,25)26/h1-6,11,13,17-18,22,32H,7-10,14-16H2,(H2,33,34,35,36);1-4,9-12,17-18,22,32H,5-8,14-16H2,(H2,33,34,35,36);1-4,15-17,20,29H,5-10,12-14H2,(H2,30,31,32,33);3-6,14-16,19,31H,7-10,12-13H2,1-2H3,(H2,28,29,30,32). The molecule has 30 nitrogen and oxygen atoms in total. The molecule has 15 rings (SSSR count). The first-order valence-electron chi connectivity index (χ1n) is 47.0. The summed E-state index contributed by atoms with van der Waals surface area (Å²) >= 11 is 0. The Morgan fingerprint density at radius 3 is 0.851 bits per heavy atom. The fourth-order valence-electron chi connectivity index (χ4n) is 16.8. The second-order valence-electron chi connectivity index (χ2n) is 35.4. The molecule has 0 radical (unpaired) electrons. The van der Waals surface area contributed by atoms with Gasteiger partial charge < -0.3 is 82.7 Å². The molecule has 0 saturated heterocycles. The van der Waals surface area contributed by atoms with Crippen LogP contribution in [0.3, 0.4) is 0 Å². The van der Waals surface area contributed by atoms with Crippen molar-refractivity contribution in [3.63, 3.8) is 0 Å². The molecule has 6 heterocycles. The van der Waals surface area contributed by atoms with E-state index >= 15 is 0 Å². The number of ether oxygens (including phenoxy) is 4. The van der Waals surface area contributed by atoms with Gasteiger partial charge in [-0.15, -0.1) is 52.7 Å². The Morgan fingerprint density at radius 1 is 0.298 bits per heavy atom. The van der Waals surface area contributed by atoms with E-state index in [0.717, 1.165) is 128 Å². The van der Waals surface area contributed by atoms with Crippen LogP contribution in [0.25, 0.3) is 0 Å². The van der Waals surface area contributed by atoms with Crippen LogP contribution in [-0.4, -0.2) is 138 Å². The van der Waals surface area contributed by atoms with Crippen LogP contribution in [0.4, 0.5) is 99.7 Å². The van der Waals surface area contributed by atoms with Gasteiger partial charge in [0.05, 0.1) is 24.8 Å². The van der Waals surface area contributed by atoms with Crippen molar-refractivity contribution in [3.8, 4) is 47.3 Å². The molecule has 0 spiro atoms. The Morgan fingerprint density at radius 2 is 0.574 bits per heavy atom. The summed E-state index contributed by atoms with van der Waals surface area (Å²) < 4.78 is 168. The normalized spacial score (nSPS) is 18.5. The SMILES string of the molecule is CC(C)NC1CCC(CNc2nc(NCc3ccccc3OC(F)(F)F)ncc2C#N)CC1.N#Cc1cnc(NCc2ccccc2OC(F)(F)F)nc1NCC1CCC(NCC2CC2)CC1.N#Cc1cnc(NCc2ccccc2OC(F)(F)F)nc1NCC1CCC(NCc2cccnc2)CC1.N#Cc1cnc(NCc2ccccc2OC(F)(F)F)nc1NCC1CCC(NCc2ccncc2)CC1. The quantitative estimate of drug-likeness (QED) is 0.0159. The smallest absolute Gasteiger partial charge is 0.405 e. The lowest BCUT2D eigenvalue weighted by molar-refractivity contribution is -0.275. The topological polar surface area (TPSA) is 405 Å². The minimum atomic E-state index is -4.79. The van der Waals surface area contributed by atoms with Crippen molar-refractivity contribution >= 4 is 47.1 Å². The molecule has 0 bridgehead atoms. The molecule has 5 aliphatic rings. The van der Waals surface area contributed by atoms with Crippen molar-refractivity contribution in [2.45, 2.75) is 224 Å². The van der Waals surface area contributed by atoms with Gasteiger partial charge >= 0.3 is 25.4 Å². The lowest BCUT2D eigenvalue weighted by Crippen LogP contribution is -2.38. The van der Waals surface area contributed by atoms with Gasteiger partial charge in [0.1, 0.15) is 92.8 Å². The van der Waals surface area contributed by atoms with Crippen molar-refractivity contribution < 1.29 is 71.6 Å². The molecule has 5 aliphatic carbocycles. The predicted octanol–water partition coefficient (Wildman–Crippen LogP) is 19.7. The highest BCUT2D eigenvalue weighted by molar-refractivity contribution is 5.57. The number of aromatic nitrogens is 10. The highest BCUT2D eigenvalue weighted by Gasteiger charge is 2.37. The number of anilines is 8. The minimum Gasteiger partial charge on any atom is -0.405 e. The van der Waals surface area contributed by atoms with E-state index < -0.39 is 25.4 Å². The lowest BCUT2D eigenvalue weighted by atomic mass is 9.85. The van der Waals surface area contributed by atoms with Crippen molar-refractivity contribution in [2.75, 3.05) is 75.3 Å². The van der Waals surface area contributed by atoms with Crippen LogP contribution in [0.15, 0.2) is 171 Å². The van der Waals surface area contributed by atoms with Crippen molar-refractivity contribution in [3.05, 3.63) is 227 Å². The molecule has 141 heavy (non-hydrogen) atoms. The summed E-state index contributed by atoms with van der Waals surface area (Å²) in [6.07, 6.45) is 13.8. The lowest BCUT2D eigenvalue weighted by Gasteiger charge is -2.30. The van der Waals surface area contributed by atoms with Crippen LogP contribution in [0.2, 0.25) is 0 Å². The number of para-hydroxylation sites is 4. The van der Waals surface area contributed by atoms with Gasteiger partial charge in [-0.25, -0.2) is 19.9 Å². The summed E-state index contributed by atoms with van der Waals surface area (Å²) in [5.74, 6) is 4.09. The van der Waals surface area contributed by atoms with Crippen LogP contribution in [0, 0.1) is 74.9 Å². The molecular weight excluding hydrogens is 1850 g/mol. The average molecular weight is 1960 g/mol. The maximum atomic E-state index is 12.7. The minimum absolute atomic E-state index is 0.0215. The van der Waals surface area contributed by atoms with Crippen molar-refractivity contribution in [1.29, 1.82) is 21.0 Å². The van der Waals surface area contributed by atoms with Gasteiger partial charge in [-0.1, -0.05) is 92.7 Å². The van der Waals surface area contributed by atoms with Gasteiger partial charge in [-0.05, 0) is 205 Å². The first kappa shape index (κ1) is 106. The number of nitrogens with one attached hydrogen (secondary N) is 12. The second-order valence-corrected chi connectivity index (χ2v) is 35.4. The third-order valence-electron chi connectivity index (χ3n) is 24.4. The molecular formula is C99H114F12N26O4. The van der Waals surface area contributed by atoms with E-state index in [9.17, 15) is 73.7 Å². The van der Waals surface area contributed by atoms with Crippen LogP contribution in [-0.2, 0) is 39.3 Å². The molecule has 5 fully saturated rings. The second kappa shape index (κ2) is 52.9. The molecule has 0 unspecified atom stereocenters. The van der Waals surface area contributed by atoms with Crippen LogP contribution < -0.4 is 82.7 Å².